The smallest absolute Gasteiger partial charge is 0.220 e. The van der Waals surface area contributed by atoms with E-state index >= 15 is 0 Å². The Morgan fingerprint density at radius 3 is 2.50 bits per heavy atom. The van der Waals surface area contributed by atoms with Gasteiger partial charge in [-0.25, -0.2) is 4.39 Å². The molecular formula is C21H20FNO. The Morgan fingerprint density at radius 1 is 1.00 bits per heavy atom. The van der Waals surface area contributed by atoms with Gasteiger partial charge < -0.3 is 5.32 Å². The molecule has 3 heteroatoms. The van der Waals surface area contributed by atoms with Crippen molar-refractivity contribution in [2.45, 2.75) is 25.8 Å². The van der Waals surface area contributed by atoms with Gasteiger partial charge in [-0.15, -0.1) is 0 Å². The zero-order chi connectivity index (χ0) is 16.9. The molecule has 0 heterocycles. The molecule has 1 unspecified atom stereocenters. The lowest BCUT2D eigenvalue weighted by molar-refractivity contribution is -0.121. The monoisotopic (exact) mass is 321 g/mol. The zero-order valence-electron chi connectivity index (χ0n) is 13.6. The Kier molecular flexibility index (Phi) is 4.90. The van der Waals surface area contributed by atoms with Crippen LogP contribution in [0.5, 0.6) is 0 Å². The van der Waals surface area contributed by atoms with Crippen LogP contribution >= 0.6 is 0 Å². The summed E-state index contributed by atoms with van der Waals surface area (Å²) in [6, 6.07) is 20.8. The van der Waals surface area contributed by atoms with Gasteiger partial charge in [-0.1, -0.05) is 54.6 Å². The molecule has 0 bridgehead atoms. The van der Waals surface area contributed by atoms with Gasteiger partial charge in [-0.2, -0.15) is 0 Å². The van der Waals surface area contributed by atoms with E-state index in [2.05, 4.69) is 29.6 Å². The normalized spacial score (nSPS) is 12.1. The lowest BCUT2D eigenvalue weighted by Crippen LogP contribution is -2.26. The Bertz CT molecular complexity index is 859. The molecular weight excluding hydrogens is 301 g/mol. The van der Waals surface area contributed by atoms with E-state index in [1.54, 1.807) is 18.2 Å². The molecule has 0 aromatic heterocycles. The summed E-state index contributed by atoms with van der Waals surface area (Å²) >= 11 is 0. The van der Waals surface area contributed by atoms with E-state index < -0.39 is 0 Å². The number of aryl methyl sites for hydroxylation is 1. The molecule has 1 amide bonds. The molecule has 1 N–H and O–H groups in total. The van der Waals surface area contributed by atoms with Crippen molar-refractivity contribution >= 4 is 16.7 Å². The van der Waals surface area contributed by atoms with Gasteiger partial charge in [0.15, 0.2) is 0 Å². The second-order valence-corrected chi connectivity index (χ2v) is 5.99. The molecule has 1 atom stereocenters. The van der Waals surface area contributed by atoms with Crippen LogP contribution in [-0.2, 0) is 11.2 Å². The second kappa shape index (κ2) is 7.26. The maximum atomic E-state index is 13.6. The van der Waals surface area contributed by atoms with Gasteiger partial charge in [0.25, 0.3) is 0 Å². The van der Waals surface area contributed by atoms with Crippen LogP contribution in [0.25, 0.3) is 10.8 Å². The molecule has 24 heavy (non-hydrogen) atoms. The van der Waals surface area contributed by atoms with Crippen molar-refractivity contribution in [3.63, 3.8) is 0 Å². The number of amides is 1. The molecule has 2 nitrogen and oxygen atoms in total. The Labute approximate surface area is 141 Å². The Hall–Kier alpha value is -2.68. The molecule has 0 saturated carbocycles. The minimum absolute atomic E-state index is 0.0705. The quantitative estimate of drug-likeness (QED) is 0.719. The van der Waals surface area contributed by atoms with Crippen LogP contribution in [0.4, 0.5) is 4.39 Å². The van der Waals surface area contributed by atoms with Gasteiger partial charge in [0.05, 0.1) is 6.04 Å². The highest BCUT2D eigenvalue weighted by atomic mass is 19.1. The van der Waals surface area contributed by atoms with Crippen LogP contribution in [-0.4, -0.2) is 5.91 Å². The van der Waals surface area contributed by atoms with Gasteiger partial charge in [0, 0.05) is 6.42 Å². The van der Waals surface area contributed by atoms with Crippen molar-refractivity contribution in [3.8, 4) is 0 Å². The van der Waals surface area contributed by atoms with Crippen LogP contribution in [0.2, 0.25) is 0 Å². The SMILES string of the molecule is CC(NC(=O)CCc1ccccc1F)c1ccc2ccccc2c1. The summed E-state index contributed by atoms with van der Waals surface area (Å²) < 4.78 is 13.6. The van der Waals surface area contributed by atoms with E-state index in [4.69, 9.17) is 0 Å². The number of carbonyl (C=O) groups is 1. The van der Waals surface area contributed by atoms with E-state index in [-0.39, 0.29) is 24.2 Å². The zero-order valence-corrected chi connectivity index (χ0v) is 13.6. The molecule has 0 spiro atoms. The van der Waals surface area contributed by atoms with E-state index in [9.17, 15) is 9.18 Å². The standard InChI is InChI=1S/C21H20FNO/c1-15(18-11-10-16-6-2-3-8-19(16)14-18)23-21(24)13-12-17-7-4-5-9-20(17)22/h2-11,14-15H,12-13H2,1H3,(H,23,24). The third kappa shape index (κ3) is 3.80. The lowest BCUT2D eigenvalue weighted by atomic mass is 10.0. The number of rotatable bonds is 5. The van der Waals surface area contributed by atoms with Crippen molar-refractivity contribution in [1.29, 1.82) is 0 Å². The molecule has 0 radical (unpaired) electrons. The third-order valence-electron chi connectivity index (χ3n) is 4.23. The first-order chi connectivity index (χ1) is 11.6. The number of carbonyl (C=O) groups excluding carboxylic acids is 1. The highest BCUT2D eigenvalue weighted by Crippen LogP contribution is 2.20. The van der Waals surface area contributed by atoms with Crippen molar-refractivity contribution in [2.75, 3.05) is 0 Å². The third-order valence-corrected chi connectivity index (χ3v) is 4.23. The first-order valence-corrected chi connectivity index (χ1v) is 8.15. The molecule has 0 saturated heterocycles. The van der Waals surface area contributed by atoms with E-state index in [1.807, 2.05) is 25.1 Å². The average molecular weight is 321 g/mol. The predicted octanol–water partition coefficient (Wildman–Crippen LogP) is 4.79. The van der Waals surface area contributed by atoms with Crippen molar-refractivity contribution in [2.24, 2.45) is 0 Å². The number of hydrogen-bond acceptors (Lipinski definition) is 1. The Morgan fingerprint density at radius 2 is 1.71 bits per heavy atom. The summed E-state index contributed by atoms with van der Waals surface area (Å²) in [6.45, 7) is 1.96. The maximum absolute atomic E-state index is 13.6. The number of fused-ring (bicyclic) bond motifs is 1. The van der Waals surface area contributed by atoms with Crippen molar-refractivity contribution in [1.82, 2.24) is 5.32 Å². The fraction of sp³-hybridized carbons (Fsp3) is 0.190. The lowest BCUT2D eigenvalue weighted by Gasteiger charge is -2.15. The van der Waals surface area contributed by atoms with Gasteiger partial charge >= 0.3 is 0 Å². The molecule has 3 aromatic rings. The van der Waals surface area contributed by atoms with Crippen molar-refractivity contribution < 1.29 is 9.18 Å². The minimum Gasteiger partial charge on any atom is -0.350 e. The van der Waals surface area contributed by atoms with Crippen LogP contribution in [0.1, 0.15) is 30.5 Å². The first kappa shape index (κ1) is 16.2. The average Bonchev–Trinajstić information content (AvgIpc) is 2.60. The number of hydrogen-bond donors (Lipinski definition) is 1. The summed E-state index contributed by atoms with van der Waals surface area (Å²) in [7, 11) is 0. The second-order valence-electron chi connectivity index (χ2n) is 5.99. The summed E-state index contributed by atoms with van der Waals surface area (Å²) in [5.74, 6) is -0.327. The van der Waals surface area contributed by atoms with Crippen LogP contribution in [0.15, 0.2) is 66.7 Å². The molecule has 3 aromatic carbocycles. The van der Waals surface area contributed by atoms with Crippen LogP contribution in [0.3, 0.4) is 0 Å². The summed E-state index contributed by atoms with van der Waals surface area (Å²) in [6.07, 6.45) is 0.682. The number of benzene rings is 3. The van der Waals surface area contributed by atoms with Gasteiger partial charge in [-0.05, 0) is 47.4 Å². The van der Waals surface area contributed by atoms with Gasteiger partial charge in [-0.3, -0.25) is 4.79 Å². The van der Waals surface area contributed by atoms with E-state index in [0.29, 0.717) is 12.0 Å². The summed E-state index contributed by atoms with van der Waals surface area (Å²) in [4.78, 5) is 12.1. The van der Waals surface area contributed by atoms with Crippen LogP contribution < -0.4 is 5.32 Å². The highest BCUT2D eigenvalue weighted by molar-refractivity contribution is 5.83. The van der Waals surface area contributed by atoms with E-state index in [1.165, 1.54) is 11.5 Å². The predicted molar refractivity (Wildman–Crippen MR) is 95.2 cm³/mol. The summed E-state index contributed by atoms with van der Waals surface area (Å²) in [5.41, 5.74) is 1.64. The van der Waals surface area contributed by atoms with E-state index in [0.717, 1.165) is 10.9 Å². The topological polar surface area (TPSA) is 29.1 Å². The van der Waals surface area contributed by atoms with Crippen molar-refractivity contribution in [3.05, 3.63) is 83.7 Å². The number of nitrogens with one attached hydrogen (secondary N) is 1. The first-order valence-electron chi connectivity index (χ1n) is 8.15. The molecule has 3 rings (SSSR count). The number of halogens is 1. The molecule has 0 aliphatic heterocycles. The molecule has 0 aliphatic rings. The molecule has 122 valence electrons. The maximum Gasteiger partial charge on any atom is 0.220 e. The Balaban J connectivity index is 1.61. The summed E-state index contributed by atoms with van der Waals surface area (Å²) in [5, 5.41) is 5.32. The van der Waals surface area contributed by atoms with Gasteiger partial charge in [0.2, 0.25) is 5.91 Å². The van der Waals surface area contributed by atoms with Gasteiger partial charge in [0.1, 0.15) is 5.82 Å². The fourth-order valence-corrected chi connectivity index (χ4v) is 2.82. The fourth-order valence-electron chi connectivity index (χ4n) is 2.82. The molecule has 0 fully saturated rings. The molecule has 0 aliphatic carbocycles. The minimum atomic E-state index is -0.257. The largest absolute Gasteiger partial charge is 0.350 e. The highest BCUT2D eigenvalue weighted by Gasteiger charge is 2.11. The van der Waals surface area contributed by atoms with Crippen LogP contribution in [0, 0.1) is 5.82 Å².